The highest BCUT2D eigenvalue weighted by Gasteiger charge is 2.58. The number of likely N-dealkylation sites (tertiary alicyclic amines) is 1. The Labute approximate surface area is 113 Å². The van der Waals surface area contributed by atoms with Crippen molar-refractivity contribution in [1.29, 1.82) is 5.26 Å². The molecule has 1 aliphatic heterocycles. The van der Waals surface area contributed by atoms with E-state index in [2.05, 4.69) is 13.0 Å². The molecule has 19 heavy (non-hydrogen) atoms. The third-order valence-corrected chi connectivity index (χ3v) is 5.19. The highest BCUT2D eigenvalue weighted by Crippen LogP contribution is 2.47. The minimum atomic E-state index is -0.833. The summed E-state index contributed by atoms with van der Waals surface area (Å²) in [6, 6.07) is 2.30. The van der Waals surface area contributed by atoms with Crippen molar-refractivity contribution in [3.05, 3.63) is 0 Å². The first-order valence-electron chi connectivity index (χ1n) is 7.38. The van der Waals surface area contributed by atoms with E-state index in [1.54, 1.807) is 0 Å². The fourth-order valence-corrected chi connectivity index (χ4v) is 4.22. The molecule has 1 heterocycles. The monoisotopic (exact) mass is 260 g/mol. The lowest BCUT2D eigenvalue weighted by Crippen LogP contribution is -2.52. The molecule has 3 fully saturated rings. The molecule has 1 saturated heterocycles. The molecule has 2 unspecified atom stereocenters. The Kier molecular flexibility index (Phi) is 2.88. The molecular formula is C15H20N2O2. The summed E-state index contributed by atoms with van der Waals surface area (Å²) in [7, 11) is 0. The highest BCUT2D eigenvalue weighted by molar-refractivity contribution is 6.06. The standard InChI is InChI=1S/C15H20N2O2/c1-10-7-11-12(8-10)14(19)17(13(11)18)15(9-16)5-3-2-4-6-15/h10-12H,2-8H2,1H3. The molecule has 0 N–H and O–H groups in total. The van der Waals surface area contributed by atoms with Crippen LogP contribution in [0.15, 0.2) is 0 Å². The molecule has 2 atom stereocenters. The first kappa shape index (κ1) is 12.7. The van der Waals surface area contributed by atoms with Gasteiger partial charge < -0.3 is 0 Å². The molecule has 3 aliphatic rings. The Morgan fingerprint density at radius 1 is 1.11 bits per heavy atom. The Morgan fingerprint density at radius 2 is 1.63 bits per heavy atom. The largest absolute Gasteiger partial charge is 0.274 e. The van der Waals surface area contributed by atoms with Crippen LogP contribution in [0, 0.1) is 29.1 Å². The second-order valence-corrected chi connectivity index (χ2v) is 6.51. The summed E-state index contributed by atoms with van der Waals surface area (Å²) in [5.41, 5.74) is -0.833. The molecule has 2 aliphatic carbocycles. The Balaban J connectivity index is 1.92. The number of hydrogen-bond acceptors (Lipinski definition) is 3. The normalized spacial score (nSPS) is 37.3. The van der Waals surface area contributed by atoms with Crippen LogP contribution in [0.3, 0.4) is 0 Å². The number of carbonyl (C=O) groups excluding carboxylic acids is 2. The molecule has 0 radical (unpaired) electrons. The SMILES string of the molecule is CC1CC2C(=O)N(C3(C#N)CCCCC3)C(=O)C2C1. The Morgan fingerprint density at radius 3 is 2.11 bits per heavy atom. The summed E-state index contributed by atoms with van der Waals surface area (Å²) in [5.74, 6) is 0.0318. The first-order valence-corrected chi connectivity index (χ1v) is 7.38. The van der Waals surface area contributed by atoms with Gasteiger partial charge in [-0.3, -0.25) is 14.5 Å². The molecule has 2 saturated carbocycles. The number of nitriles is 1. The van der Waals surface area contributed by atoms with Crippen molar-refractivity contribution >= 4 is 11.8 Å². The summed E-state index contributed by atoms with van der Waals surface area (Å²) in [6.07, 6.45) is 5.93. The van der Waals surface area contributed by atoms with E-state index in [0.717, 1.165) is 32.1 Å². The molecule has 0 bridgehead atoms. The van der Waals surface area contributed by atoms with Gasteiger partial charge in [0.2, 0.25) is 11.8 Å². The molecule has 2 amide bonds. The van der Waals surface area contributed by atoms with E-state index in [-0.39, 0.29) is 23.7 Å². The summed E-state index contributed by atoms with van der Waals surface area (Å²) in [5, 5.41) is 9.56. The van der Waals surface area contributed by atoms with Crippen molar-refractivity contribution in [2.75, 3.05) is 0 Å². The van der Waals surface area contributed by atoms with Crippen LogP contribution in [0.2, 0.25) is 0 Å². The predicted octanol–water partition coefficient (Wildman–Crippen LogP) is 2.24. The van der Waals surface area contributed by atoms with E-state index in [9.17, 15) is 14.9 Å². The maximum atomic E-state index is 12.6. The fourth-order valence-electron chi connectivity index (χ4n) is 4.22. The van der Waals surface area contributed by atoms with Crippen LogP contribution in [0.5, 0.6) is 0 Å². The minimum absolute atomic E-state index is 0.0669. The van der Waals surface area contributed by atoms with Crippen LogP contribution in [-0.4, -0.2) is 22.3 Å². The van der Waals surface area contributed by atoms with E-state index in [1.165, 1.54) is 4.90 Å². The van der Waals surface area contributed by atoms with Crippen LogP contribution in [0.1, 0.15) is 51.9 Å². The van der Waals surface area contributed by atoms with Crippen LogP contribution in [-0.2, 0) is 9.59 Å². The zero-order valence-electron chi connectivity index (χ0n) is 11.4. The van der Waals surface area contributed by atoms with E-state index < -0.39 is 5.54 Å². The van der Waals surface area contributed by atoms with Crippen molar-refractivity contribution < 1.29 is 9.59 Å². The van der Waals surface area contributed by atoms with Gasteiger partial charge in [-0.2, -0.15) is 5.26 Å². The first-order chi connectivity index (χ1) is 9.09. The van der Waals surface area contributed by atoms with Gasteiger partial charge in [0.15, 0.2) is 0 Å². The average Bonchev–Trinajstić information content (AvgIpc) is 2.90. The van der Waals surface area contributed by atoms with E-state index in [4.69, 9.17) is 0 Å². The maximum absolute atomic E-state index is 12.6. The molecule has 102 valence electrons. The van der Waals surface area contributed by atoms with Gasteiger partial charge in [-0.05, 0) is 31.6 Å². The number of nitrogens with zero attached hydrogens (tertiary/aromatic N) is 2. The molecule has 4 heteroatoms. The van der Waals surface area contributed by atoms with E-state index in [0.29, 0.717) is 18.8 Å². The highest BCUT2D eigenvalue weighted by atomic mass is 16.2. The fraction of sp³-hybridized carbons (Fsp3) is 0.800. The van der Waals surface area contributed by atoms with Crippen molar-refractivity contribution in [1.82, 2.24) is 4.90 Å². The van der Waals surface area contributed by atoms with Gasteiger partial charge in [0.05, 0.1) is 17.9 Å². The number of fused-ring (bicyclic) bond motifs is 1. The molecule has 0 aromatic carbocycles. The molecule has 0 spiro atoms. The number of hydrogen-bond donors (Lipinski definition) is 0. The van der Waals surface area contributed by atoms with E-state index >= 15 is 0 Å². The third kappa shape index (κ3) is 1.71. The van der Waals surface area contributed by atoms with Crippen LogP contribution >= 0.6 is 0 Å². The number of rotatable bonds is 1. The van der Waals surface area contributed by atoms with Gasteiger partial charge in [-0.15, -0.1) is 0 Å². The molecule has 0 aromatic rings. The van der Waals surface area contributed by atoms with Gasteiger partial charge >= 0.3 is 0 Å². The molecule has 0 aromatic heterocycles. The van der Waals surface area contributed by atoms with Gasteiger partial charge in [-0.1, -0.05) is 26.2 Å². The van der Waals surface area contributed by atoms with Crippen molar-refractivity contribution in [2.24, 2.45) is 17.8 Å². The second kappa shape index (κ2) is 4.33. The zero-order chi connectivity index (χ0) is 13.6. The van der Waals surface area contributed by atoms with Crippen LogP contribution in [0.4, 0.5) is 0 Å². The lowest BCUT2D eigenvalue weighted by Gasteiger charge is -2.38. The van der Waals surface area contributed by atoms with Gasteiger partial charge in [0, 0.05) is 0 Å². The zero-order valence-corrected chi connectivity index (χ0v) is 11.4. The van der Waals surface area contributed by atoms with E-state index in [1.807, 2.05) is 0 Å². The summed E-state index contributed by atoms with van der Waals surface area (Å²) < 4.78 is 0. The molecule has 4 nitrogen and oxygen atoms in total. The van der Waals surface area contributed by atoms with Crippen LogP contribution < -0.4 is 0 Å². The Hall–Kier alpha value is -1.37. The van der Waals surface area contributed by atoms with Gasteiger partial charge in [0.25, 0.3) is 0 Å². The smallest absolute Gasteiger partial charge is 0.234 e. The number of imide groups is 1. The maximum Gasteiger partial charge on any atom is 0.234 e. The lowest BCUT2D eigenvalue weighted by atomic mass is 9.81. The van der Waals surface area contributed by atoms with Crippen molar-refractivity contribution in [2.45, 2.75) is 57.4 Å². The average molecular weight is 260 g/mol. The predicted molar refractivity (Wildman–Crippen MR) is 68.7 cm³/mol. The molecular weight excluding hydrogens is 240 g/mol. The second-order valence-electron chi connectivity index (χ2n) is 6.51. The number of amides is 2. The van der Waals surface area contributed by atoms with Crippen molar-refractivity contribution in [3.63, 3.8) is 0 Å². The third-order valence-electron chi connectivity index (χ3n) is 5.19. The van der Waals surface area contributed by atoms with Gasteiger partial charge in [-0.25, -0.2) is 0 Å². The van der Waals surface area contributed by atoms with Crippen LogP contribution in [0.25, 0.3) is 0 Å². The summed E-state index contributed by atoms with van der Waals surface area (Å²) >= 11 is 0. The number of carbonyl (C=O) groups is 2. The minimum Gasteiger partial charge on any atom is -0.274 e. The quantitative estimate of drug-likeness (QED) is 0.679. The summed E-state index contributed by atoms with van der Waals surface area (Å²) in [6.45, 7) is 2.10. The topological polar surface area (TPSA) is 61.2 Å². The van der Waals surface area contributed by atoms with Crippen molar-refractivity contribution in [3.8, 4) is 6.07 Å². The lowest BCUT2D eigenvalue weighted by molar-refractivity contribution is -0.146. The summed E-state index contributed by atoms with van der Waals surface area (Å²) in [4.78, 5) is 26.5. The van der Waals surface area contributed by atoms with Gasteiger partial charge in [0.1, 0.15) is 5.54 Å². The Bertz CT molecular complexity index is 435. The molecule has 3 rings (SSSR count).